The lowest BCUT2D eigenvalue weighted by molar-refractivity contribution is -0.682. The van der Waals surface area contributed by atoms with E-state index in [1.54, 1.807) is 34.1 Å². The molecule has 6 nitrogen and oxygen atoms in total. The van der Waals surface area contributed by atoms with Crippen molar-refractivity contribution in [2.75, 3.05) is 5.32 Å². The van der Waals surface area contributed by atoms with E-state index in [-0.39, 0.29) is 41.8 Å². The number of hydrogen-bond acceptors (Lipinski definition) is 3. The van der Waals surface area contributed by atoms with Crippen LogP contribution in [0.25, 0.3) is 22.0 Å². The Morgan fingerprint density at radius 1 is 0.857 bits per heavy atom. The number of carbonyl (C=O) groups is 2. The highest BCUT2D eigenvalue weighted by Crippen LogP contribution is 2.21. The number of aromatic nitrogens is 3. The van der Waals surface area contributed by atoms with E-state index in [9.17, 15) is 9.59 Å². The Labute approximate surface area is 213 Å². The second-order valence-corrected chi connectivity index (χ2v) is 8.05. The van der Waals surface area contributed by atoms with Gasteiger partial charge in [0.1, 0.15) is 12.4 Å². The summed E-state index contributed by atoms with van der Waals surface area (Å²) in [5.74, 6) is -0.155. The molecule has 0 saturated carbocycles. The Kier molecular flexibility index (Phi) is 7.48. The fraction of sp³-hybridized carbons (Fsp3) is 0.0714. The van der Waals surface area contributed by atoms with Gasteiger partial charge in [-0.05, 0) is 23.3 Å². The third-order valence-electron chi connectivity index (χ3n) is 5.62. The molecule has 0 bridgehead atoms. The Hall–Kier alpha value is -4.10. The lowest BCUT2D eigenvalue weighted by atomic mass is 10.0. The minimum absolute atomic E-state index is 0. The van der Waals surface area contributed by atoms with Crippen LogP contribution < -0.4 is 9.88 Å². The van der Waals surface area contributed by atoms with Gasteiger partial charge in [-0.3, -0.25) is 14.6 Å². The molecule has 35 heavy (non-hydrogen) atoms. The molecule has 2 heterocycles. The van der Waals surface area contributed by atoms with Crippen molar-refractivity contribution in [3.05, 3.63) is 115 Å². The van der Waals surface area contributed by atoms with E-state index in [0.29, 0.717) is 11.3 Å². The van der Waals surface area contributed by atoms with Crippen LogP contribution in [0.1, 0.15) is 10.4 Å². The Morgan fingerprint density at radius 2 is 1.60 bits per heavy atom. The summed E-state index contributed by atoms with van der Waals surface area (Å²) in [5, 5.41) is 3.90. The number of carbonyl (C=O) groups excluding carboxylic acids is 2. The summed E-state index contributed by atoms with van der Waals surface area (Å²) in [6, 6.07) is 27.2. The highest BCUT2D eigenvalue weighted by Gasteiger charge is 2.14. The smallest absolute Gasteiger partial charge is 0.266 e. The summed E-state index contributed by atoms with van der Waals surface area (Å²) < 4.78 is 3.53. The van der Waals surface area contributed by atoms with Crippen LogP contribution in [-0.2, 0) is 17.9 Å². The van der Waals surface area contributed by atoms with E-state index in [0.717, 1.165) is 22.0 Å². The maximum Gasteiger partial charge on any atom is 0.266 e. The first-order chi connectivity index (χ1) is 16.7. The first kappa shape index (κ1) is 24.0. The average Bonchev–Trinajstić information content (AvgIpc) is 3.31. The topological polar surface area (TPSA) is 67.9 Å². The average molecular weight is 528 g/mol. The second-order valence-electron chi connectivity index (χ2n) is 8.05. The molecule has 3 aromatic carbocycles. The number of fused-ring (bicyclic) bond motifs is 1. The van der Waals surface area contributed by atoms with E-state index in [2.05, 4.69) is 10.3 Å². The number of anilines is 1. The summed E-state index contributed by atoms with van der Waals surface area (Å²) in [7, 11) is 0. The van der Waals surface area contributed by atoms with Crippen molar-refractivity contribution < 1.29 is 14.2 Å². The van der Waals surface area contributed by atoms with E-state index < -0.39 is 0 Å². The normalized spacial score (nSPS) is 10.5. The van der Waals surface area contributed by atoms with Gasteiger partial charge in [-0.2, -0.15) is 0 Å². The fourth-order valence-corrected chi connectivity index (χ4v) is 3.92. The van der Waals surface area contributed by atoms with Crippen molar-refractivity contribution in [1.82, 2.24) is 9.55 Å². The monoisotopic (exact) mass is 527 g/mol. The van der Waals surface area contributed by atoms with Crippen LogP contribution >= 0.6 is 17.0 Å². The fourth-order valence-electron chi connectivity index (χ4n) is 3.92. The van der Waals surface area contributed by atoms with Crippen LogP contribution in [0.2, 0.25) is 0 Å². The molecule has 0 aliphatic rings. The molecule has 1 N–H and O–H groups in total. The lowest BCUT2D eigenvalue weighted by Crippen LogP contribution is -2.36. The van der Waals surface area contributed by atoms with Crippen molar-refractivity contribution in [2.24, 2.45) is 0 Å². The number of halogens is 1. The molecule has 1 amide bonds. The van der Waals surface area contributed by atoms with Gasteiger partial charge < -0.3 is 5.32 Å². The van der Waals surface area contributed by atoms with Gasteiger partial charge in [0.2, 0.25) is 12.1 Å². The number of benzene rings is 3. The quantitative estimate of drug-likeness (QED) is 0.237. The molecule has 0 spiro atoms. The number of Topliss-reactive ketones (excluding diaryl/α,β-unsaturated/α-hetero) is 1. The number of nitrogens with one attached hydrogen (secondary N) is 1. The summed E-state index contributed by atoms with van der Waals surface area (Å²) in [5.41, 5.74) is 4.28. The van der Waals surface area contributed by atoms with Gasteiger partial charge in [0, 0.05) is 17.1 Å². The van der Waals surface area contributed by atoms with Crippen LogP contribution in [0.3, 0.4) is 0 Å². The molecule has 5 rings (SSSR count). The highest BCUT2D eigenvalue weighted by atomic mass is 79.9. The highest BCUT2D eigenvalue weighted by molar-refractivity contribution is 8.93. The minimum atomic E-state index is -0.163. The van der Waals surface area contributed by atoms with Crippen LogP contribution in [0.15, 0.2) is 110 Å². The number of ketones is 1. The molecule has 7 heteroatoms. The van der Waals surface area contributed by atoms with Crippen molar-refractivity contribution in [3.8, 4) is 11.1 Å². The van der Waals surface area contributed by atoms with Gasteiger partial charge in [-0.15, -0.1) is 17.0 Å². The van der Waals surface area contributed by atoms with Crippen molar-refractivity contribution in [2.45, 2.75) is 13.1 Å². The summed E-state index contributed by atoms with van der Waals surface area (Å²) >= 11 is 0. The SMILES string of the molecule is Br.O=C(Cn1cc[n+](CC(=O)c2ccc(-c3ccccc3)cc2)c1)Nc1cccc2cccnc12. The van der Waals surface area contributed by atoms with Gasteiger partial charge in [0.25, 0.3) is 5.91 Å². The summed E-state index contributed by atoms with van der Waals surface area (Å²) in [6.07, 6.45) is 7.05. The number of para-hydroxylation sites is 1. The number of nitrogens with zero attached hydrogens (tertiary/aromatic N) is 3. The van der Waals surface area contributed by atoms with Crippen molar-refractivity contribution in [1.29, 1.82) is 0 Å². The van der Waals surface area contributed by atoms with Crippen molar-refractivity contribution >= 4 is 45.3 Å². The zero-order valence-corrected chi connectivity index (χ0v) is 20.6. The number of rotatable bonds is 7. The molecular formula is C28H24BrN4O2+. The molecule has 174 valence electrons. The maximum atomic E-state index is 12.7. The van der Waals surface area contributed by atoms with Crippen LogP contribution in [0, 0.1) is 0 Å². The number of imidazole rings is 1. The predicted molar refractivity (Wildman–Crippen MR) is 142 cm³/mol. The van der Waals surface area contributed by atoms with Crippen LogP contribution in [0.4, 0.5) is 5.69 Å². The Morgan fingerprint density at radius 3 is 2.40 bits per heavy atom. The van der Waals surface area contributed by atoms with Gasteiger partial charge in [-0.1, -0.05) is 72.8 Å². The van der Waals surface area contributed by atoms with Crippen LogP contribution in [0.5, 0.6) is 0 Å². The minimum Gasteiger partial charge on any atom is -0.321 e. The zero-order chi connectivity index (χ0) is 23.3. The predicted octanol–water partition coefficient (Wildman–Crippen LogP) is 5.09. The van der Waals surface area contributed by atoms with E-state index in [1.807, 2.05) is 84.9 Å². The maximum absolute atomic E-state index is 12.7. The van der Waals surface area contributed by atoms with Gasteiger partial charge >= 0.3 is 0 Å². The molecule has 2 aromatic heterocycles. The van der Waals surface area contributed by atoms with Gasteiger partial charge in [0.05, 0.1) is 11.2 Å². The molecule has 0 unspecified atom stereocenters. The van der Waals surface area contributed by atoms with Crippen LogP contribution in [-0.4, -0.2) is 21.2 Å². The second kappa shape index (κ2) is 10.9. The largest absolute Gasteiger partial charge is 0.321 e. The first-order valence-corrected chi connectivity index (χ1v) is 11.0. The van der Waals surface area contributed by atoms with E-state index in [1.165, 1.54) is 0 Å². The molecule has 5 aromatic rings. The van der Waals surface area contributed by atoms with Gasteiger partial charge in [0.15, 0.2) is 13.1 Å². The number of amides is 1. The molecule has 0 radical (unpaired) electrons. The lowest BCUT2D eigenvalue weighted by Gasteiger charge is -2.06. The standard InChI is InChI=1S/C28H22N4O2.BrH/c33-26(23-13-11-22(12-14-23)21-6-2-1-3-7-21)18-31-16-17-32(20-31)19-27(34)30-25-10-4-8-24-9-5-15-29-28(24)25;/h1-17,20H,18-19H2;1H/p+1. The summed E-state index contributed by atoms with van der Waals surface area (Å²) in [4.78, 5) is 29.7. The Balaban J connectivity index is 0.00000289. The first-order valence-electron chi connectivity index (χ1n) is 11.0. The molecule has 0 saturated heterocycles. The van der Waals surface area contributed by atoms with E-state index >= 15 is 0 Å². The number of hydrogen-bond donors (Lipinski definition) is 1. The molecule has 0 aliphatic heterocycles. The molecule has 0 aliphatic carbocycles. The third kappa shape index (κ3) is 5.70. The molecule has 0 fully saturated rings. The Bertz CT molecular complexity index is 1460. The molecule has 0 atom stereocenters. The third-order valence-corrected chi connectivity index (χ3v) is 5.62. The van der Waals surface area contributed by atoms with E-state index in [4.69, 9.17) is 0 Å². The molecular weight excluding hydrogens is 504 g/mol. The van der Waals surface area contributed by atoms with Crippen molar-refractivity contribution in [3.63, 3.8) is 0 Å². The summed E-state index contributed by atoms with van der Waals surface area (Å²) in [6.45, 7) is 0.336. The van der Waals surface area contributed by atoms with Gasteiger partial charge in [-0.25, -0.2) is 9.13 Å². The number of pyridine rings is 1. The zero-order valence-electron chi connectivity index (χ0n) is 18.9.